The Balaban J connectivity index is 2.23. The van der Waals surface area contributed by atoms with Gasteiger partial charge in [-0.2, -0.15) is 0 Å². The van der Waals surface area contributed by atoms with E-state index in [0.29, 0.717) is 6.61 Å². The van der Waals surface area contributed by atoms with E-state index in [9.17, 15) is 0 Å². The summed E-state index contributed by atoms with van der Waals surface area (Å²) >= 11 is 1.62. The Bertz CT molecular complexity index is 443. The van der Waals surface area contributed by atoms with Crippen LogP contribution >= 0.6 is 11.3 Å². The highest BCUT2D eigenvalue weighted by molar-refractivity contribution is 7.16. The van der Waals surface area contributed by atoms with Crippen molar-refractivity contribution in [3.05, 3.63) is 17.8 Å². The molecule has 0 spiro atoms. The molecule has 15 heavy (non-hydrogen) atoms. The maximum absolute atomic E-state index is 5.07. The summed E-state index contributed by atoms with van der Waals surface area (Å²) in [7, 11) is 1.69. The van der Waals surface area contributed by atoms with Crippen LogP contribution in [0.25, 0.3) is 10.2 Å². The number of rotatable bonds is 4. The lowest BCUT2D eigenvalue weighted by Crippen LogP contribution is -2.21. The minimum Gasteiger partial charge on any atom is -0.383 e. The van der Waals surface area contributed by atoms with E-state index in [4.69, 9.17) is 4.74 Å². The third kappa shape index (κ3) is 2.24. The van der Waals surface area contributed by atoms with Crippen molar-refractivity contribution in [2.45, 2.75) is 13.0 Å². The molecule has 2 aromatic rings. The highest BCUT2D eigenvalue weighted by Crippen LogP contribution is 2.23. The van der Waals surface area contributed by atoms with Gasteiger partial charge in [0.15, 0.2) is 0 Å². The first-order valence-corrected chi connectivity index (χ1v) is 5.63. The quantitative estimate of drug-likeness (QED) is 0.862. The van der Waals surface area contributed by atoms with E-state index in [1.807, 2.05) is 11.4 Å². The van der Waals surface area contributed by atoms with Crippen molar-refractivity contribution in [1.29, 1.82) is 0 Å². The van der Waals surface area contributed by atoms with Crippen molar-refractivity contribution < 1.29 is 4.74 Å². The molecule has 0 saturated carbocycles. The summed E-state index contributed by atoms with van der Waals surface area (Å²) in [6.45, 7) is 2.72. The van der Waals surface area contributed by atoms with Crippen LogP contribution in [0.2, 0.25) is 0 Å². The van der Waals surface area contributed by atoms with Gasteiger partial charge in [-0.05, 0) is 18.4 Å². The fraction of sp³-hybridized carbons (Fsp3) is 0.400. The van der Waals surface area contributed by atoms with Crippen LogP contribution in [0.1, 0.15) is 6.92 Å². The summed E-state index contributed by atoms with van der Waals surface area (Å²) in [5, 5.41) is 6.40. The zero-order valence-electron chi connectivity index (χ0n) is 8.73. The first-order chi connectivity index (χ1) is 7.31. The number of anilines is 1. The fourth-order valence-corrected chi connectivity index (χ4v) is 2.16. The fourth-order valence-electron chi connectivity index (χ4n) is 1.43. The summed E-state index contributed by atoms with van der Waals surface area (Å²) < 4.78 is 5.07. The normalized spacial score (nSPS) is 12.9. The number of fused-ring (bicyclic) bond motifs is 1. The zero-order chi connectivity index (χ0) is 10.7. The molecule has 0 amide bonds. The van der Waals surface area contributed by atoms with Crippen molar-refractivity contribution in [3.63, 3.8) is 0 Å². The van der Waals surface area contributed by atoms with Crippen LogP contribution in [0.4, 0.5) is 5.82 Å². The van der Waals surface area contributed by atoms with Gasteiger partial charge in [0.25, 0.3) is 0 Å². The van der Waals surface area contributed by atoms with E-state index in [1.54, 1.807) is 24.8 Å². The third-order valence-corrected chi connectivity index (χ3v) is 2.88. The van der Waals surface area contributed by atoms with Crippen LogP contribution in [-0.2, 0) is 4.74 Å². The Hall–Kier alpha value is -1.20. The second-order valence-corrected chi connectivity index (χ2v) is 4.26. The Kier molecular flexibility index (Phi) is 3.13. The molecule has 0 bridgehead atoms. The SMILES string of the molecule is COCC(C)Nc1ncnc2sccc12. The van der Waals surface area contributed by atoms with Crippen LogP contribution in [0.15, 0.2) is 17.8 Å². The van der Waals surface area contributed by atoms with Crippen LogP contribution in [0.3, 0.4) is 0 Å². The molecule has 0 saturated heterocycles. The summed E-state index contributed by atoms with van der Waals surface area (Å²) in [5.74, 6) is 0.880. The lowest BCUT2D eigenvalue weighted by Gasteiger charge is -2.13. The Morgan fingerprint density at radius 3 is 3.20 bits per heavy atom. The molecule has 80 valence electrons. The standard InChI is InChI=1S/C10H13N3OS/c1-7(5-14-2)13-9-8-3-4-15-10(8)12-6-11-9/h3-4,6-7H,5H2,1-2H3,(H,11,12,13). The monoisotopic (exact) mass is 223 g/mol. The number of hydrogen-bond donors (Lipinski definition) is 1. The van der Waals surface area contributed by atoms with Crippen molar-refractivity contribution in [2.75, 3.05) is 19.0 Å². The molecule has 0 aliphatic carbocycles. The molecule has 2 heterocycles. The predicted molar refractivity (Wildman–Crippen MR) is 62.4 cm³/mol. The number of aromatic nitrogens is 2. The van der Waals surface area contributed by atoms with E-state index in [-0.39, 0.29) is 6.04 Å². The smallest absolute Gasteiger partial charge is 0.138 e. The van der Waals surface area contributed by atoms with Gasteiger partial charge in [0, 0.05) is 13.2 Å². The van der Waals surface area contributed by atoms with E-state index in [1.165, 1.54) is 0 Å². The second-order valence-electron chi connectivity index (χ2n) is 3.36. The van der Waals surface area contributed by atoms with Gasteiger partial charge in [-0.3, -0.25) is 0 Å². The number of nitrogens with one attached hydrogen (secondary N) is 1. The zero-order valence-corrected chi connectivity index (χ0v) is 9.54. The Labute approximate surface area is 92.3 Å². The molecular formula is C10H13N3OS. The van der Waals surface area contributed by atoms with E-state index < -0.39 is 0 Å². The van der Waals surface area contributed by atoms with Crippen molar-refractivity contribution in [2.24, 2.45) is 0 Å². The third-order valence-electron chi connectivity index (χ3n) is 2.06. The number of ether oxygens (including phenoxy) is 1. The lowest BCUT2D eigenvalue weighted by molar-refractivity contribution is 0.190. The first-order valence-electron chi connectivity index (χ1n) is 4.75. The Morgan fingerprint density at radius 2 is 2.40 bits per heavy atom. The minimum absolute atomic E-state index is 0.244. The molecule has 1 atom stereocenters. The average molecular weight is 223 g/mol. The van der Waals surface area contributed by atoms with Gasteiger partial charge in [-0.1, -0.05) is 0 Å². The number of methoxy groups -OCH3 is 1. The van der Waals surface area contributed by atoms with E-state index in [0.717, 1.165) is 16.0 Å². The molecule has 2 aromatic heterocycles. The second kappa shape index (κ2) is 4.55. The Morgan fingerprint density at radius 1 is 1.53 bits per heavy atom. The summed E-state index contributed by atoms with van der Waals surface area (Å²) in [6, 6.07) is 2.27. The summed E-state index contributed by atoms with van der Waals surface area (Å²) in [5.41, 5.74) is 0. The van der Waals surface area contributed by atoms with Crippen molar-refractivity contribution in [1.82, 2.24) is 9.97 Å². The molecule has 0 aliphatic rings. The van der Waals surface area contributed by atoms with Gasteiger partial charge in [0.1, 0.15) is 17.0 Å². The average Bonchev–Trinajstić information content (AvgIpc) is 2.67. The van der Waals surface area contributed by atoms with Gasteiger partial charge in [-0.25, -0.2) is 9.97 Å². The largest absolute Gasteiger partial charge is 0.383 e. The summed E-state index contributed by atoms with van der Waals surface area (Å²) in [4.78, 5) is 9.43. The first kappa shape index (κ1) is 10.3. The molecule has 5 heteroatoms. The number of nitrogens with zero attached hydrogens (tertiary/aromatic N) is 2. The molecule has 0 aliphatic heterocycles. The highest BCUT2D eigenvalue weighted by atomic mass is 32.1. The molecule has 0 aromatic carbocycles. The van der Waals surface area contributed by atoms with Crippen LogP contribution in [-0.4, -0.2) is 29.7 Å². The molecule has 0 radical (unpaired) electrons. The minimum atomic E-state index is 0.244. The van der Waals surface area contributed by atoms with Gasteiger partial charge in [0.2, 0.25) is 0 Å². The maximum atomic E-state index is 5.07. The van der Waals surface area contributed by atoms with Crippen LogP contribution in [0, 0.1) is 0 Å². The maximum Gasteiger partial charge on any atom is 0.138 e. The van der Waals surface area contributed by atoms with Gasteiger partial charge >= 0.3 is 0 Å². The van der Waals surface area contributed by atoms with Crippen molar-refractivity contribution >= 4 is 27.4 Å². The molecule has 2 rings (SSSR count). The predicted octanol–water partition coefficient (Wildman–Crippen LogP) is 2.14. The van der Waals surface area contributed by atoms with Gasteiger partial charge < -0.3 is 10.1 Å². The topological polar surface area (TPSA) is 47.0 Å². The highest BCUT2D eigenvalue weighted by Gasteiger charge is 2.07. The lowest BCUT2D eigenvalue weighted by atomic mass is 10.3. The van der Waals surface area contributed by atoms with E-state index >= 15 is 0 Å². The number of thiophene rings is 1. The molecular weight excluding hydrogens is 210 g/mol. The van der Waals surface area contributed by atoms with Crippen LogP contribution in [0.5, 0.6) is 0 Å². The molecule has 1 unspecified atom stereocenters. The molecule has 1 N–H and O–H groups in total. The molecule has 0 fully saturated rings. The number of hydrogen-bond acceptors (Lipinski definition) is 5. The molecule has 4 nitrogen and oxygen atoms in total. The van der Waals surface area contributed by atoms with Crippen molar-refractivity contribution in [3.8, 4) is 0 Å². The van der Waals surface area contributed by atoms with Gasteiger partial charge in [0.05, 0.1) is 12.0 Å². The van der Waals surface area contributed by atoms with E-state index in [2.05, 4.69) is 22.2 Å². The summed E-state index contributed by atoms with van der Waals surface area (Å²) in [6.07, 6.45) is 1.58. The van der Waals surface area contributed by atoms with Gasteiger partial charge in [-0.15, -0.1) is 11.3 Å². The van der Waals surface area contributed by atoms with Crippen LogP contribution < -0.4 is 5.32 Å².